The van der Waals surface area contributed by atoms with Gasteiger partial charge in [0.2, 0.25) is 0 Å². The van der Waals surface area contributed by atoms with Crippen molar-refractivity contribution >= 4 is 0 Å². The average Bonchev–Trinajstić information content (AvgIpc) is 2.47. The fraction of sp³-hybridized carbons (Fsp3) is 1.00. The molecule has 3 fully saturated rings. The summed E-state index contributed by atoms with van der Waals surface area (Å²) in [5, 5.41) is 0. The highest BCUT2D eigenvalue weighted by molar-refractivity contribution is 5.41. The number of fused-ring (bicyclic) bond motifs is 1. The number of hydrogen-bond acceptors (Lipinski definition) is 0. The van der Waals surface area contributed by atoms with Gasteiger partial charge in [-0.3, -0.25) is 0 Å². The molecule has 3 saturated carbocycles. The lowest BCUT2D eigenvalue weighted by Crippen LogP contribution is -2.27. The predicted molar refractivity (Wildman–Crippen MR) is 46.2 cm³/mol. The second-order valence-corrected chi connectivity index (χ2v) is 5.82. The third-order valence-corrected chi connectivity index (χ3v) is 4.77. The molecule has 0 heterocycles. The summed E-state index contributed by atoms with van der Waals surface area (Å²) in [5.74, 6) is 3.26. The second kappa shape index (κ2) is 1.41. The lowest BCUT2D eigenvalue weighted by Gasteiger charge is -2.35. The highest BCUT2D eigenvalue weighted by Gasteiger charge is 2.94. The third-order valence-electron chi connectivity index (χ3n) is 4.77. The van der Waals surface area contributed by atoms with Gasteiger partial charge in [0.15, 0.2) is 0 Å². The minimum atomic E-state index is 0.882. The van der Waals surface area contributed by atoms with Crippen molar-refractivity contribution in [2.75, 3.05) is 0 Å². The van der Waals surface area contributed by atoms with Crippen LogP contribution in [0.1, 0.15) is 40.0 Å². The van der Waals surface area contributed by atoms with E-state index in [-0.39, 0.29) is 0 Å². The van der Waals surface area contributed by atoms with Crippen LogP contribution in [0.2, 0.25) is 0 Å². The zero-order valence-electron chi connectivity index (χ0n) is 7.85. The molecule has 4 atom stereocenters. The summed E-state index contributed by atoms with van der Waals surface area (Å²) >= 11 is 0. The summed E-state index contributed by atoms with van der Waals surface area (Å²) in [7, 11) is 0. The van der Waals surface area contributed by atoms with Gasteiger partial charge in [-0.15, -0.1) is 0 Å². The summed E-state index contributed by atoms with van der Waals surface area (Å²) < 4.78 is 0. The standard InChI is InChI=1S/C11H18/c1-7(2)4-8-5-11-6-10(11,3)9(8)11/h7-9H,4-6H2,1-3H3. The van der Waals surface area contributed by atoms with Crippen molar-refractivity contribution < 1.29 is 0 Å². The highest BCUT2D eigenvalue weighted by Crippen LogP contribution is 3.00. The molecule has 0 nitrogen and oxygen atoms in total. The molecule has 0 saturated heterocycles. The Morgan fingerprint density at radius 2 is 2.18 bits per heavy atom. The number of rotatable bonds is 2. The molecular formula is C11H18. The SMILES string of the molecule is CC(C)CC1CC23CC2(C)C13. The van der Waals surface area contributed by atoms with Crippen LogP contribution in [0.25, 0.3) is 0 Å². The minimum Gasteiger partial charge on any atom is -0.0628 e. The Morgan fingerprint density at radius 1 is 1.45 bits per heavy atom. The van der Waals surface area contributed by atoms with Gasteiger partial charge in [-0.25, -0.2) is 0 Å². The Hall–Kier alpha value is 0. The molecule has 3 aliphatic rings. The van der Waals surface area contributed by atoms with Gasteiger partial charge in [-0.2, -0.15) is 0 Å². The Bertz CT molecular complexity index is 208. The molecule has 4 unspecified atom stereocenters. The van der Waals surface area contributed by atoms with Crippen molar-refractivity contribution in [1.29, 1.82) is 0 Å². The molecule has 3 rings (SSSR count). The molecule has 0 heteroatoms. The molecule has 1 spiro atoms. The molecule has 11 heavy (non-hydrogen) atoms. The zero-order valence-corrected chi connectivity index (χ0v) is 7.85. The summed E-state index contributed by atoms with van der Waals surface area (Å²) in [4.78, 5) is 0. The summed E-state index contributed by atoms with van der Waals surface area (Å²) in [6.07, 6.45) is 4.67. The first-order valence-electron chi connectivity index (χ1n) is 5.10. The van der Waals surface area contributed by atoms with E-state index in [1.807, 2.05) is 0 Å². The van der Waals surface area contributed by atoms with E-state index in [1.54, 1.807) is 12.8 Å². The van der Waals surface area contributed by atoms with Crippen LogP contribution in [0.4, 0.5) is 0 Å². The first-order valence-corrected chi connectivity index (χ1v) is 5.10. The van der Waals surface area contributed by atoms with Gasteiger partial charge >= 0.3 is 0 Å². The monoisotopic (exact) mass is 150 g/mol. The van der Waals surface area contributed by atoms with Crippen molar-refractivity contribution in [3.05, 3.63) is 0 Å². The largest absolute Gasteiger partial charge is 0.0628 e. The van der Waals surface area contributed by atoms with Crippen LogP contribution < -0.4 is 0 Å². The summed E-state index contributed by atoms with van der Waals surface area (Å²) in [5.41, 5.74) is 1.83. The van der Waals surface area contributed by atoms with E-state index in [0.717, 1.165) is 22.7 Å². The van der Waals surface area contributed by atoms with Crippen LogP contribution in [0.15, 0.2) is 0 Å². The lowest BCUT2D eigenvalue weighted by atomic mass is 9.70. The molecule has 0 N–H and O–H groups in total. The predicted octanol–water partition coefficient (Wildman–Crippen LogP) is 3.08. The fourth-order valence-electron chi connectivity index (χ4n) is 4.24. The molecule has 0 radical (unpaired) electrons. The Labute approximate surface area is 69.4 Å². The summed E-state index contributed by atoms with van der Waals surface area (Å²) in [6, 6.07) is 0. The molecule has 0 aliphatic heterocycles. The van der Waals surface area contributed by atoms with E-state index in [2.05, 4.69) is 20.8 Å². The van der Waals surface area contributed by atoms with Gasteiger partial charge in [-0.05, 0) is 47.8 Å². The maximum absolute atomic E-state index is 2.51. The van der Waals surface area contributed by atoms with E-state index in [1.165, 1.54) is 12.3 Å². The maximum atomic E-state index is 2.51. The molecule has 0 aromatic rings. The van der Waals surface area contributed by atoms with Crippen LogP contribution in [0.3, 0.4) is 0 Å². The molecule has 62 valence electrons. The van der Waals surface area contributed by atoms with Crippen LogP contribution in [-0.2, 0) is 0 Å². The zero-order chi connectivity index (χ0) is 7.85. The van der Waals surface area contributed by atoms with Crippen molar-refractivity contribution in [3.8, 4) is 0 Å². The van der Waals surface area contributed by atoms with Crippen LogP contribution >= 0.6 is 0 Å². The fourth-order valence-corrected chi connectivity index (χ4v) is 4.24. The van der Waals surface area contributed by atoms with Crippen molar-refractivity contribution in [1.82, 2.24) is 0 Å². The Morgan fingerprint density at radius 3 is 2.45 bits per heavy atom. The van der Waals surface area contributed by atoms with E-state index in [4.69, 9.17) is 0 Å². The van der Waals surface area contributed by atoms with Gasteiger partial charge in [0.25, 0.3) is 0 Å². The van der Waals surface area contributed by atoms with Crippen molar-refractivity contribution in [2.24, 2.45) is 28.6 Å². The van der Waals surface area contributed by atoms with E-state index in [9.17, 15) is 0 Å². The van der Waals surface area contributed by atoms with Crippen molar-refractivity contribution in [3.63, 3.8) is 0 Å². The van der Waals surface area contributed by atoms with Gasteiger partial charge in [0.05, 0.1) is 0 Å². The third kappa shape index (κ3) is 0.494. The molecule has 0 amide bonds. The lowest BCUT2D eigenvalue weighted by molar-refractivity contribution is 0.142. The molecule has 0 aromatic heterocycles. The second-order valence-electron chi connectivity index (χ2n) is 5.82. The molecule has 0 bridgehead atoms. The van der Waals surface area contributed by atoms with E-state index < -0.39 is 0 Å². The van der Waals surface area contributed by atoms with Crippen LogP contribution in [-0.4, -0.2) is 0 Å². The smallest absolute Gasteiger partial charge is 0.0196 e. The highest BCUT2D eigenvalue weighted by atomic mass is 15.0. The Balaban J connectivity index is 1.64. The normalized spacial score (nSPS) is 63.3. The van der Waals surface area contributed by atoms with Crippen molar-refractivity contribution in [2.45, 2.75) is 40.0 Å². The number of hydrogen-bond donors (Lipinski definition) is 0. The van der Waals surface area contributed by atoms with E-state index in [0.29, 0.717) is 0 Å². The van der Waals surface area contributed by atoms with Gasteiger partial charge in [-0.1, -0.05) is 20.8 Å². The van der Waals surface area contributed by atoms with Crippen LogP contribution in [0.5, 0.6) is 0 Å². The molecule has 0 aromatic carbocycles. The van der Waals surface area contributed by atoms with Crippen LogP contribution in [0, 0.1) is 28.6 Å². The topological polar surface area (TPSA) is 0 Å². The van der Waals surface area contributed by atoms with E-state index >= 15 is 0 Å². The molecule has 3 aliphatic carbocycles. The first-order chi connectivity index (χ1) is 5.10. The van der Waals surface area contributed by atoms with Gasteiger partial charge < -0.3 is 0 Å². The maximum Gasteiger partial charge on any atom is -0.0196 e. The first kappa shape index (κ1) is 6.51. The minimum absolute atomic E-state index is 0.882. The summed E-state index contributed by atoms with van der Waals surface area (Å²) in [6.45, 7) is 7.24. The average molecular weight is 150 g/mol. The quantitative estimate of drug-likeness (QED) is 0.567. The molecular weight excluding hydrogens is 132 g/mol. The van der Waals surface area contributed by atoms with Gasteiger partial charge in [0, 0.05) is 0 Å². The Kier molecular flexibility index (Phi) is 0.832. The van der Waals surface area contributed by atoms with Gasteiger partial charge in [0.1, 0.15) is 0 Å².